The summed E-state index contributed by atoms with van der Waals surface area (Å²) in [4.78, 5) is 0. The Balaban J connectivity index is 4.02. The monoisotopic (exact) mass is 208 g/mol. The lowest BCUT2D eigenvalue weighted by Gasteiger charge is -2.25. The summed E-state index contributed by atoms with van der Waals surface area (Å²) >= 11 is 0. The van der Waals surface area contributed by atoms with E-state index >= 15 is 0 Å². The maximum atomic E-state index is 3.85. The summed E-state index contributed by atoms with van der Waals surface area (Å²) in [6.45, 7) is 15.3. The van der Waals surface area contributed by atoms with E-state index in [1.54, 1.807) is 0 Å². The molecular formula is C15H28. The van der Waals surface area contributed by atoms with Crippen LogP contribution in [0.3, 0.4) is 0 Å². The van der Waals surface area contributed by atoms with Crippen molar-refractivity contribution in [3.63, 3.8) is 0 Å². The highest BCUT2D eigenvalue weighted by molar-refractivity contribution is 4.92. The first-order valence-corrected chi connectivity index (χ1v) is 6.20. The van der Waals surface area contributed by atoms with Gasteiger partial charge in [0, 0.05) is 0 Å². The lowest BCUT2D eigenvalue weighted by Crippen LogP contribution is -2.13. The highest BCUT2D eigenvalue weighted by atomic mass is 14.2. The highest BCUT2D eigenvalue weighted by Gasteiger charge is 2.18. The third-order valence-electron chi connectivity index (χ3n) is 3.06. The zero-order chi connectivity index (χ0) is 11.9. The van der Waals surface area contributed by atoms with Crippen molar-refractivity contribution < 1.29 is 0 Å². The molecule has 15 heavy (non-hydrogen) atoms. The number of hydrogen-bond acceptors (Lipinski definition) is 0. The molecule has 0 aliphatic carbocycles. The summed E-state index contributed by atoms with van der Waals surface area (Å²) in [5.74, 6) is 1.34. The Bertz CT molecular complexity index is 198. The van der Waals surface area contributed by atoms with E-state index in [0.717, 1.165) is 5.92 Å². The van der Waals surface area contributed by atoms with Gasteiger partial charge in [-0.1, -0.05) is 59.3 Å². The topological polar surface area (TPSA) is 0 Å². The second-order valence-corrected chi connectivity index (χ2v) is 5.60. The van der Waals surface area contributed by atoms with Crippen LogP contribution in [0.5, 0.6) is 0 Å². The van der Waals surface area contributed by atoms with Crippen LogP contribution in [-0.2, 0) is 0 Å². The van der Waals surface area contributed by atoms with Crippen LogP contribution in [0.2, 0.25) is 0 Å². The first-order valence-electron chi connectivity index (χ1n) is 6.20. The van der Waals surface area contributed by atoms with E-state index in [4.69, 9.17) is 0 Å². The van der Waals surface area contributed by atoms with Crippen molar-refractivity contribution in [2.75, 3.05) is 0 Å². The average molecular weight is 208 g/mol. The number of rotatable bonds is 7. The molecule has 0 bridgehead atoms. The van der Waals surface area contributed by atoms with Crippen molar-refractivity contribution in [2.45, 2.75) is 53.9 Å². The first kappa shape index (κ1) is 14.5. The van der Waals surface area contributed by atoms with Gasteiger partial charge in [0.2, 0.25) is 0 Å². The Morgan fingerprint density at radius 3 is 2.27 bits per heavy atom. The van der Waals surface area contributed by atoms with Gasteiger partial charge in [-0.2, -0.15) is 0 Å². The van der Waals surface area contributed by atoms with Gasteiger partial charge in [-0.05, 0) is 30.1 Å². The third kappa shape index (κ3) is 7.41. The van der Waals surface area contributed by atoms with Gasteiger partial charge in [0.05, 0.1) is 0 Å². The van der Waals surface area contributed by atoms with Gasteiger partial charge in [0.25, 0.3) is 0 Å². The summed E-state index contributed by atoms with van der Waals surface area (Å²) in [6, 6.07) is 0. The Kier molecular flexibility index (Phi) is 6.63. The Hall–Kier alpha value is -0.520. The summed E-state index contributed by atoms with van der Waals surface area (Å²) in [5, 5.41) is 0. The molecule has 0 saturated heterocycles. The summed E-state index contributed by atoms with van der Waals surface area (Å²) in [6.07, 6.45) is 10.4. The lowest BCUT2D eigenvalue weighted by molar-refractivity contribution is 0.304. The zero-order valence-electron chi connectivity index (χ0n) is 11.2. The summed E-state index contributed by atoms with van der Waals surface area (Å²) < 4.78 is 0. The standard InChI is InChI=1S/C15H28/c1-7-13(3)10-9-11-15(5,6)12-14(4)8-2/h8-10,13-14H,2,7,11-12H2,1,3-6H3. The molecule has 0 aromatic carbocycles. The van der Waals surface area contributed by atoms with E-state index in [-0.39, 0.29) is 0 Å². The normalized spacial score (nSPS) is 16.6. The molecule has 2 atom stereocenters. The predicted octanol–water partition coefficient (Wildman–Crippen LogP) is 5.22. The fraction of sp³-hybridized carbons (Fsp3) is 0.733. The van der Waals surface area contributed by atoms with E-state index in [2.05, 4.69) is 59.4 Å². The number of allylic oxidation sites excluding steroid dienone is 3. The molecule has 2 unspecified atom stereocenters. The van der Waals surface area contributed by atoms with E-state index in [0.29, 0.717) is 11.3 Å². The molecule has 0 saturated carbocycles. The van der Waals surface area contributed by atoms with E-state index in [1.807, 2.05) is 0 Å². The molecule has 0 rings (SSSR count). The molecule has 0 spiro atoms. The number of hydrogen-bond donors (Lipinski definition) is 0. The fourth-order valence-corrected chi connectivity index (χ4v) is 1.79. The molecule has 0 aromatic heterocycles. The maximum absolute atomic E-state index is 3.85. The second-order valence-electron chi connectivity index (χ2n) is 5.60. The quantitative estimate of drug-likeness (QED) is 0.503. The van der Waals surface area contributed by atoms with Crippen LogP contribution in [0, 0.1) is 17.3 Å². The Morgan fingerprint density at radius 2 is 1.80 bits per heavy atom. The molecule has 88 valence electrons. The van der Waals surface area contributed by atoms with Crippen LogP contribution >= 0.6 is 0 Å². The minimum absolute atomic E-state index is 0.400. The SMILES string of the molecule is C=CC(C)CC(C)(C)CC=CC(C)CC. The molecule has 0 aromatic rings. The maximum Gasteiger partial charge on any atom is -0.0259 e. The van der Waals surface area contributed by atoms with Crippen molar-refractivity contribution in [3.8, 4) is 0 Å². The fourth-order valence-electron chi connectivity index (χ4n) is 1.79. The third-order valence-corrected chi connectivity index (χ3v) is 3.06. The molecule has 0 aliphatic rings. The predicted molar refractivity (Wildman–Crippen MR) is 71.0 cm³/mol. The van der Waals surface area contributed by atoms with E-state index < -0.39 is 0 Å². The highest BCUT2D eigenvalue weighted by Crippen LogP contribution is 2.30. The van der Waals surface area contributed by atoms with Crippen LogP contribution in [0.15, 0.2) is 24.8 Å². The minimum atomic E-state index is 0.400. The molecule has 0 nitrogen and oxygen atoms in total. The lowest BCUT2D eigenvalue weighted by atomic mass is 9.80. The molecule has 0 fully saturated rings. The van der Waals surface area contributed by atoms with Crippen molar-refractivity contribution in [1.82, 2.24) is 0 Å². The first-order chi connectivity index (χ1) is 6.91. The molecule has 0 heteroatoms. The van der Waals surface area contributed by atoms with Crippen LogP contribution in [0.25, 0.3) is 0 Å². The van der Waals surface area contributed by atoms with Gasteiger partial charge in [-0.15, -0.1) is 6.58 Å². The van der Waals surface area contributed by atoms with Crippen molar-refractivity contribution in [3.05, 3.63) is 24.8 Å². The van der Waals surface area contributed by atoms with Gasteiger partial charge in [0.1, 0.15) is 0 Å². The van der Waals surface area contributed by atoms with E-state index in [9.17, 15) is 0 Å². The summed E-state index contributed by atoms with van der Waals surface area (Å²) in [5.41, 5.74) is 0.400. The Morgan fingerprint density at radius 1 is 1.20 bits per heavy atom. The van der Waals surface area contributed by atoms with Crippen LogP contribution in [-0.4, -0.2) is 0 Å². The zero-order valence-corrected chi connectivity index (χ0v) is 11.2. The van der Waals surface area contributed by atoms with Crippen molar-refractivity contribution >= 4 is 0 Å². The van der Waals surface area contributed by atoms with Crippen molar-refractivity contribution in [1.29, 1.82) is 0 Å². The average Bonchev–Trinajstić information content (AvgIpc) is 2.16. The molecule has 0 aliphatic heterocycles. The van der Waals surface area contributed by atoms with Gasteiger partial charge >= 0.3 is 0 Å². The van der Waals surface area contributed by atoms with Gasteiger partial charge in [-0.25, -0.2) is 0 Å². The van der Waals surface area contributed by atoms with Gasteiger partial charge in [0.15, 0.2) is 0 Å². The summed E-state index contributed by atoms with van der Waals surface area (Å²) in [7, 11) is 0. The molecular weight excluding hydrogens is 180 g/mol. The molecule has 0 heterocycles. The van der Waals surface area contributed by atoms with Gasteiger partial charge < -0.3 is 0 Å². The molecule has 0 amide bonds. The smallest absolute Gasteiger partial charge is 0.0259 e. The minimum Gasteiger partial charge on any atom is -0.103 e. The molecule has 0 N–H and O–H groups in total. The Labute approximate surface area is 96.5 Å². The van der Waals surface area contributed by atoms with Crippen LogP contribution < -0.4 is 0 Å². The van der Waals surface area contributed by atoms with Gasteiger partial charge in [-0.3, -0.25) is 0 Å². The largest absolute Gasteiger partial charge is 0.103 e. The van der Waals surface area contributed by atoms with Crippen LogP contribution in [0.1, 0.15) is 53.9 Å². The second kappa shape index (κ2) is 6.87. The van der Waals surface area contributed by atoms with E-state index in [1.165, 1.54) is 19.3 Å². The van der Waals surface area contributed by atoms with Crippen LogP contribution in [0.4, 0.5) is 0 Å². The van der Waals surface area contributed by atoms with Crippen molar-refractivity contribution in [2.24, 2.45) is 17.3 Å². The molecule has 0 radical (unpaired) electrons.